The first-order valence-electron chi connectivity index (χ1n) is 3.78. The van der Waals surface area contributed by atoms with E-state index in [9.17, 15) is 9.67 Å². The minimum absolute atomic E-state index is 0.532. The van der Waals surface area contributed by atoms with Gasteiger partial charge in [-0.1, -0.05) is 0 Å². The summed E-state index contributed by atoms with van der Waals surface area (Å²) in [5.41, 5.74) is 0. The highest BCUT2D eigenvalue weighted by Crippen LogP contribution is 2.36. The zero-order valence-electron chi connectivity index (χ0n) is 7.05. The lowest BCUT2D eigenvalue weighted by atomic mass is 9.93. The van der Waals surface area contributed by atoms with Crippen molar-refractivity contribution in [1.82, 2.24) is 0 Å². The molecule has 0 amide bonds. The second-order valence-electron chi connectivity index (χ2n) is 2.91. The first-order chi connectivity index (χ1) is 6.31. The number of hydrogen-bond donors (Lipinski definition) is 4. The van der Waals surface area contributed by atoms with Crippen molar-refractivity contribution in [2.24, 2.45) is 0 Å². The summed E-state index contributed by atoms with van der Waals surface area (Å²) in [4.78, 5) is 16.7. The Morgan fingerprint density at radius 3 is 2.29 bits per heavy atom. The van der Waals surface area contributed by atoms with Gasteiger partial charge in [0.2, 0.25) is 0 Å². The molecule has 1 aliphatic heterocycles. The summed E-state index contributed by atoms with van der Waals surface area (Å²) in [7, 11) is 0.619. The fourth-order valence-electron chi connectivity index (χ4n) is 1.09. The highest BCUT2D eigenvalue weighted by atomic mass is 31.2. The van der Waals surface area contributed by atoms with Crippen molar-refractivity contribution in [3.05, 3.63) is 0 Å². The zero-order chi connectivity index (χ0) is 10.9. The van der Waals surface area contributed by atoms with Crippen LogP contribution in [0.2, 0.25) is 0 Å². The van der Waals surface area contributed by atoms with E-state index in [0.717, 1.165) is 0 Å². The molecule has 14 heavy (non-hydrogen) atoms. The normalized spacial score (nSPS) is 38.9. The number of phosphoric ester groups is 1. The van der Waals surface area contributed by atoms with Crippen molar-refractivity contribution >= 4 is 15.7 Å². The van der Waals surface area contributed by atoms with Gasteiger partial charge >= 0.3 is 7.82 Å². The van der Waals surface area contributed by atoms with Gasteiger partial charge in [0.25, 0.3) is 0 Å². The van der Waals surface area contributed by atoms with Crippen molar-refractivity contribution < 1.29 is 33.8 Å². The Kier molecular flexibility index (Phi) is 3.71. The molecule has 2 radical (unpaired) electrons. The first kappa shape index (κ1) is 12.1. The Morgan fingerprint density at radius 1 is 1.36 bits per heavy atom. The van der Waals surface area contributed by atoms with Gasteiger partial charge in [-0.2, -0.15) is 0 Å². The molecule has 1 heterocycles. The molecule has 0 aromatic rings. The SMILES string of the molecule is [B][C@@H]1O[C@H](COP(=O)(O)O)C(O)[C@@H]1O. The van der Waals surface area contributed by atoms with Gasteiger partial charge in [-0.25, -0.2) is 4.57 Å². The van der Waals surface area contributed by atoms with Crippen LogP contribution in [0.4, 0.5) is 0 Å². The number of aliphatic hydroxyl groups excluding tert-OH is 2. The van der Waals surface area contributed by atoms with Crippen LogP contribution in [0, 0.1) is 0 Å². The molecule has 9 heteroatoms. The van der Waals surface area contributed by atoms with Crippen LogP contribution >= 0.6 is 7.82 Å². The summed E-state index contributed by atoms with van der Waals surface area (Å²) in [5.74, 6) is 0. The van der Waals surface area contributed by atoms with E-state index in [-0.39, 0.29) is 0 Å². The Hall–Kier alpha value is 0.0549. The van der Waals surface area contributed by atoms with Crippen LogP contribution in [-0.2, 0) is 13.8 Å². The molecule has 1 fully saturated rings. The minimum Gasteiger partial charge on any atom is -0.388 e. The molecule has 1 unspecified atom stereocenters. The summed E-state index contributed by atoms with van der Waals surface area (Å²) in [6, 6.07) is -1.07. The summed E-state index contributed by atoms with van der Waals surface area (Å²) < 4.78 is 19.2. The molecule has 0 spiro atoms. The molecule has 0 aromatic carbocycles. The maximum atomic E-state index is 10.3. The van der Waals surface area contributed by atoms with Crippen LogP contribution in [0.15, 0.2) is 0 Å². The first-order valence-corrected chi connectivity index (χ1v) is 5.31. The van der Waals surface area contributed by atoms with Crippen molar-refractivity contribution in [3.8, 4) is 0 Å². The number of hydrogen-bond acceptors (Lipinski definition) is 5. The van der Waals surface area contributed by atoms with E-state index in [1.165, 1.54) is 0 Å². The van der Waals surface area contributed by atoms with Crippen molar-refractivity contribution in [3.63, 3.8) is 0 Å². The third-order valence-corrected chi connectivity index (χ3v) is 2.29. The second kappa shape index (κ2) is 4.28. The molecule has 0 saturated carbocycles. The van der Waals surface area contributed by atoms with Gasteiger partial charge in [-0.15, -0.1) is 0 Å². The maximum absolute atomic E-state index is 10.3. The van der Waals surface area contributed by atoms with Gasteiger partial charge in [-0.05, 0) is 0 Å². The fourth-order valence-corrected chi connectivity index (χ4v) is 1.43. The topological polar surface area (TPSA) is 116 Å². The summed E-state index contributed by atoms with van der Waals surface area (Å²) >= 11 is 0. The average molecular weight is 224 g/mol. The number of ether oxygens (including phenoxy) is 1. The number of phosphoric acid groups is 1. The van der Waals surface area contributed by atoms with Crippen molar-refractivity contribution in [1.29, 1.82) is 0 Å². The van der Waals surface area contributed by atoms with Crippen molar-refractivity contribution in [2.75, 3.05) is 6.61 Å². The predicted molar refractivity (Wildman–Crippen MR) is 44.4 cm³/mol. The van der Waals surface area contributed by atoms with Gasteiger partial charge in [-0.3, -0.25) is 4.52 Å². The van der Waals surface area contributed by atoms with Gasteiger partial charge in [0.1, 0.15) is 20.1 Å². The Bertz CT molecular complexity index is 242. The van der Waals surface area contributed by atoms with Crippen LogP contribution in [0.5, 0.6) is 0 Å². The Morgan fingerprint density at radius 2 is 1.93 bits per heavy atom. The monoisotopic (exact) mass is 224 g/mol. The van der Waals surface area contributed by atoms with Crippen LogP contribution in [0.25, 0.3) is 0 Å². The van der Waals surface area contributed by atoms with E-state index < -0.39 is 38.7 Å². The molecule has 1 saturated heterocycles. The van der Waals surface area contributed by atoms with E-state index in [1.54, 1.807) is 0 Å². The quantitative estimate of drug-likeness (QED) is 0.315. The van der Waals surface area contributed by atoms with Crippen LogP contribution in [0.1, 0.15) is 0 Å². The Labute approximate surface area is 81.3 Å². The summed E-state index contributed by atoms with van der Waals surface area (Å²) in [6.45, 7) is -0.532. The highest BCUT2D eigenvalue weighted by molar-refractivity contribution is 7.46. The largest absolute Gasteiger partial charge is 0.469 e. The number of aliphatic hydroxyl groups is 2. The lowest BCUT2D eigenvalue weighted by Crippen LogP contribution is -2.34. The highest BCUT2D eigenvalue weighted by Gasteiger charge is 2.40. The third-order valence-electron chi connectivity index (χ3n) is 1.81. The lowest BCUT2D eigenvalue weighted by molar-refractivity contribution is -0.00874. The molecule has 80 valence electrons. The minimum atomic E-state index is -4.60. The van der Waals surface area contributed by atoms with Crippen LogP contribution in [-0.4, -0.2) is 58.8 Å². The molecule has 4 atom stereocenters. The van der Waals surface area contributed by atoms with E-state index in [1.807, 2.05) is 0 Å². The van der Waals surface area contributed by atoms with E-state index in [2.05, 4.69) is 4.52 Å². The molecule has 1 rings (SSSR count). The molecule has 0 bridgehead atoms. The van der Waals surface area contributed by atoms with E-state index in [0.29, 0.717) is 0 Å². The van der Waals surface area contributed by atoms with Crippen molar-refractivity contribution in [2.45, 2.75) is 24.3 Å². The van der Waals surface area contributed by atoms with Crippen LogP contribution < -0.4 is 0 Å². The molecule has 7 nitrogen and oxygen atoms in total. The predicted octanol–water partition coefficient (Wildman–Crippen LogP) is -2.29. The second-order valence-corrected chi connectivity index (χ2v) is 4.15. The third kappa shape index (κ3) is 3.03. The molecule has 1 aliphatic rings. The smallest absolute Gasteiger partial charge is 0.388 e. The van der Waals surface area contributed by atoms with Gasteiger partial charge in [0, 0.05) is 6.00 Å². The van der Waals surface area contributed by atoms with E-state index >= 15 is 0 Å². The molecular weight excluding hydrogens is 214 g/mol. The van der Waals surface area contributed by atoms with Gasteiger partial charge in [0.15, 0.2) is 0 Å². The fraction of sp³-hybridized carbons (Fsp3) is 1.00. The maximum Gasteiger partial charge on any atom is 0.469 e. The van der Waals surface area contributed by atoms with Gasteiger partial charge in [0.05, 0.1) is 12.7 Å². The van der Waals surface area contributed by atoms with Gasteiger partial charge < -0.3 is 24.7 Å². The molecular formula is C5H10BO7P. The zero-order valence-corrected chi connectivity index (χ0v) is 7.95. The molecule has 4 N–H and O–H groups in total. The number of rotatable bonds is 3. The van der Waals surface area contributed by atoms with E-state index in [4.69, 9.17) is 27.5 Å². The molecule has 0 aromatic heterocycles. The summed E-state index contributed by atoms with van der Waals surface area (Å²) in [6.07, 6.45) is -3.62. The Balaban J connectivity index is 2.44. The molecule has 0 aliphatic carbocycles. The average Bonchev–Trinajstić information content (AvgIpc) is 2.28. The summed E-state index contributed by atoms with van der Waals surface area (Å²) in [5, 5.41) is 18.4. The lowest BCUT2D eigenvalue weighted by Gasteiger charge is -2.14. The standard InChI is InChI=1S/C5H10BO7P/c6-5-4(8)3(7)2(13-5)1-12-14(9,10)11/h2-5,7-8H,1H2,(H2,9,10,11)/t2-,3?,4+,5-/m1/s1. The van der Waals surface area contributed by atoms with Crippen LogP contribution in [0.3, 0.4) is 0 Å².